The zero-order chi connectivity index (χ0) is 22.7. The van der Waals surface area contributed by atoms with E-state index in [1.807, 2.05) is 6.92 Å². The number of hydrogen-bond acceptors (Lipinski definition) is 8. The van der Waals surface area contributed by atoms with Gasteiger partial charge in [-0.3, -0.25) is 9.59 Å². The minimum Gasteiger partial charge on any atom is -0.508 e. The molecule has 0 aromatic heterocycles. The van der Waals surface area contributed by atoms with Gasteiger partial charge in [-0.15, -0.1) is 0 Å². The van der Waals surface area contributed by atoms with Crippen LogP contribution in [0, 0.1) is 11.8 Å². The molecule has 8 heteroatoms. The van der Waals surface area contributed by atoms with Crippen LogP contribution in [0.4, 0.5) is 0 Å². The Morgan fingerprint density at radius 2 is 1.97 bits per heavy atom. The summed E-state index contributed by atoms with van der Waals surface area (Å²) in [5.74, 6) is -3.60. The summed E-state index contributed by atoms with van der Waals surface area (Å²) < 4.78 is 15.2. The summed E-state index contributed by atoms with van der Waals surface area (Å²) >= 11 is 0. The van der Waals surface area contributed by atoms with E-state index >= 15 is 0 Å². The van der Waals surface area contributed by atoms with Crippen LogP contribution in [0.25, 0.3) is 0 Å². The third-order valence-electron chi connectivity index (χ3n) is 5.69. The van der Waals surface area contributed by atoms with Crippen LogP contribution in [0.2, 0.25) is 0 Å². The van der Waals surface area contributed by atoms with Crippen molar-refractivity contribution in [3.63, 3.8) is 0 Å². The fraction of sp³-hybridized carbons (Fsp3) is 0.435. The van der Waals surface area contributed by atoms with Crippen molar-refractivity contribution in [3.8, 4) is 5.75 Å². The molecule has 0 spiro atoms. The maximum absolute atomic E-state index is 13.5. The van der Waals surface area contributed by atoms with Gasteiger partial charge >= 0.3 is 11.9 Å². The normalized spacial score (nSPS) is 23.2. The molecule has 0 fully saturated rings. The zero-order valence-electron chi connectivity index (χ0n) is 18.1. The highest BCUT2D eigenvalue weighted by atomic mass is 16.6. The van der Waals surface area contributed by atoms with Crippen molar-refractivity contribution >= 4 is 17.7 Å². The predicted molar refractivity (Wildman–Crippen MR) is 111 cm³/mol. The van der Waals surface area contributed by atoms with E-state index in [2.05, 4.69) is 5.32 Å². The number of ketones is 1. The quantitative estimate of drug-likeness (QED) is 0.402. The number of allylic oxidation sites excluding steroid dienone is 3. The van der Waals surface area contributed by atoms with E-state index in [0.717, 1.165) is 0 Å². The summed E-state index contributed by atoms with van der Waals surface area (Å²) in [6.45, 7) is 3.85. The van der Waals surface area contributed by atoms with Crippen molar-refractivity contribution < 1.29 is 33.7 Å². The molecule has 0 unspecified atom stereocenters. The summed E-state index contributed by atoms with van der Waals surface area (Å²) in [6.07, 6.45) is 0.444. The SMILES string of the molecule is COCCOC(=O)C1=C(C)NC2=C(C(=O)[C@H](C(=O)OC)[C@H](C)C2)[C@H]1c1cccc(O)c1. The summed E-state index contributed by atoms with van der Waals surface area (Å²) in [6, 6.07) is 6.39. The Labute approximate surface area is 180 Å². The van der Waals surface area contributed by atoms with Crippen LogP contribution in [-0.2, 0) is 28.6 Å². The third kappa shape index (κ3) is 4.34. The molecule has 1 aliphatic heterocycles. The molecule has 0 amide bonds. The monoisotopic (exact) mass is 429 g/mol. The van der Waals surface area contributed by atoms with Crippen molar-refractivity contribution in [2.24, 2.45) is 11.8 Å². The minimum absolute atomic E-state index is 0.00378. The van der Waals surface area contributed by atoms with E-state index in [-0.39, 0.29) is 30.5 Å². The first-order valence-corrected chi connectivity index (χ1v) is 10.1. The standard InChI is InChI=1S/C23H27NO7/c1-12-10-16-20(21(26)17(12)22(27)30-4)19(14-6-5-7-15(25)11-14)18(13(2)24-16)23(28)31-9-8-29-3/h5-7,11-12,17,19,24-25H,8-10H2,1-4H3/t12-,17-,19+/m1/s1. The topological polar surface area (TPSA) is 111 Å². The van der Waals surface area contributed by atoms with Crippen molar-refractivity contribution in [2.45, 2.75) is 26.2 Å². The number of ether oxygens (including phenoxy) is 3. The maximum atomic E-state index is 13.5. The average molecular weight is 429 g/mol. The Hall–Kier alpha value is -3.13. The number of benzene rings is 1. The van der Waals surface area contributed by atoms with Crippen LogP contribution < -0.4 is 5.32 Å². The lowest BCUT2D eigenvalue weighted by Crippen LogP contribution is -2.43. The highest BCUT2D eigenvalue weighted by Crippen LogP contribution is 2.45. The summed E-state index contributed by atoms with van der Waals surface area (Å²) in [5.41, 5.74) is 2.36. The lowest BCUT2D eigenvalue weighted by molar-refractivity contribution is -0.151. The first-order chi connectivity index (χ1) is 14.8. The molecule has 1 aromatic rings. The number of carbonyl (C=O) groups is 3. The number of rotatable bonds is 6. The van der Waals surface area contributed by atoms with Crippen molar-refractivity contribution in [3.05, 3.63) is 52.4 Å². The predicted octanol–water partition coefficient (Wildman–Crippen LogP) is 2.19. The molecule has 1 heterocycles. The Bertz CT molecular complexity index is 962. The molecule has 0 radical (unpaired) electrons. The zero-order valence-corrected chi connectivity index (χ0v) is 18.1. The molecule has 0 saturated carbocycles. The Morgan fingerprint density at radius 1 is 1.23 bits per heavy atom. The number of methoxy groups -OCH3 is 2. The number of dihydropyridines is 1. The minimum atomic E-state index is -0.963. The van der Waals surface area contributed by atoms with Gasteiger partial charge in [0.25, 0.3) is 0 Å². The van der Waals surface area contributed by atoms with E-state index in [1.54, 1.807) is 19.1 Å². The van der Waals surface area contributed by atoms with E-state index in [4.69, 9.17) is 14.2 Å². The smallest absolute Gasteiger partial charge is 0.336 e. The van der Waals surface area contributed by atoms with Gasteiger partial charge in [0.1, 0.15) is 18.3 Å². The van der Waals surface area contributed by atoms with E-state index in [1.165, 1.54) is 26.4 Å². The molecule has 0 saturated heterocycles. The Balaban J connectivity index is 2.12. The van der Waals surface area contributed by atoms with E-state index < -0.39 is 29.6 Å². The van der Waals surface area contributed by atoms with Crippen molar-refractivity contribution in [1.29, 1.82) is 0 Å². The number of carbonyl (C=O) groups excluding carboxylic acids is 3. The number of phenolic OH excluding ortho intramolecular Hbond substituents is 1. The van der Waals surface area contributed by atoms with Gasteiger partial charge < -0.3 is 24.6 Å². The Kier molecular flexibility index (Phi) is 6.80. The molecule has 31 heavy (non-hydrogen) atoms. The van der Waals surface area contributed by atoms with Gasteiger partial charge in [0.05, 0.1) is 19.3 Å². The van der Waals surface area contributed by atoms with Crippen LogP contribution >= 0.6 is 0 Å². The van der Waals surface area contributed by atoms with Gasteiger partial charge in [0, 0.05) is 30.0 Å². The van der Waals surface area contributed by atoms with E-state index in [9.17, 15) is 19.5 Å². The first kappa shape index (κ1) is 22.6. The van der Waals surface area contributed by atoms with E-state index in [0.29, 0.717) is 29.0 Å². The average Bonchev–Trinajstić information content (AvgIpc) is 2.72. The van der Waals surface area contributed by atoms with Gasteiger partial charge in [-0.05, 0) is 37.0 Å². The summed E-state index contributed by atoms with van der Waals surface area (Å²) in [5, 5.41) is 13.2. The van der Waals surface area contributed by atoms with Crippen LogP contribution in [-0.4, -0.2) is 50.3 Å². The molecule has 3 atom stereocenters. The van der Waals surface area contributed by atoms with Crippen molar-refractivity contribution in [2.75, 3.05) is 27.4 Å². The van der Waals surface area contributed by atoms with Crippen LogP contribution in [0.1, 0.15) is 31.7 Å². The maximum Gasteiger partial charge on any atom is 0.336 e. The molecule has 2 aliphatic rings. The second-order valence-corrected chi connectivity index (χ2v) is 7.76. The number of phenols is 1. The Morgan fingerprint density at radius 3 is 2.61 bits per heavy atom. The lowest BCUT2D eigenvalue weighted by atomic mass is 9.69. The number of nitrogens with one attached hydrogen (secondary N) is 1. The van der Waals surface area contributed by atoms with Crippen LogP contribution in [0.3, 0.4) is 0 Å². The number of aromatic hydroxyl groups is 1. The second-order valence-electron chi connectivity index (χ2n) is 7.76. The fourth-order valence-corrected chi connectivity index (χ4v) is 4.28. The molecule has 166 valence electrons. The van der Waals surface area contributed by atoms with Gasteiger partial charge in [0.15, 0.2) is 5.78 Å². The fourth-order valence-electron chi connectivity index (χ4n) is 4.28. The number of hydrogen-bond donors (Lipinski definition) is 2. The van der Waals surface area contributed by atoms with Gasteiger partial charge in [0.2, 0.25) is 0 Å². The lowest BCUT2D eigenvalue weighted by Gasteiger charge is -2.38. The van der Waals surface area contributed by atoms with Crippen LogP contribution in [0.15, 0.2) is 46.8 Å². The summed E-state index contributed by atoms with van der Waals surface area (Å²) in [4.78, 5) is 38.9. The van der Waals surface area contributed by atoms with Crippen molar-refractivity contribution in [1.82, 2.24) is 5.32 Å². The molecule has 3 rings (SSSR count). The molecule has 1 aliphatic carbocycles. The molecule has 1 aromatic carbocycles. The molecule has 8 nitrogen and oxygen atoms in total. The van der Waals surface area contributed by atoms with Gasteiger partial charge in [-0.1, -0.05) is 19.1 Å². The third-order valence-corrected chi connectivity index (χ3v) is 5.69. The molecular weight excluding hydrogens is 402 g/mol. The van der Waals surface area contributed by atoms with Gasteiger partial charge in [-0.25, -0.2) is 4.79 Å². The number of esters is 2. The largest absolute Gasteiger partial charge is 0.508 e. The highest BCUT2D eigenvalue weighted by molar-refractivity contribution is 6.12. The first-order valence-electron chi connectivity index (χ1n) is 10.1. The molecule has 2 N–H and O–H groups in total. The van der Waals surface area contributed by atoms with Gasteiger partial charge in [-0.2, -0.15) is 0 Å². The van der Waals surface area contributed by atoms with Crippen LogP contribution in [0.5, 0.6) is 5.75 Å². The highest BCUT2D eigenvalue weighted by Gasteiger charge is 2.47. The second kappa shape index (κ2) is 9.34. The molecule has 0 bridgehead atoms. The summed E-state index contributed by atoms with van der Waals surface area (Å²) in [7, 11) is 2.75. The number of Topliss-reactive ketones (excluding diaryl/α,β-unsaturated/α-hetero) is 1. The molecular formula is C23H27NO7.